The Labute approximate surface area is 143 Å². The van der Waals surface area contributed by atoms with E-state index in [2.05, 4.69) is 67.2 Å². The molecule has 116 valence electrons. The number of nitrogens with zero attached hydrogens (tertiary/aromatic N) is 1. The molecule has 5 aromatic rings. The third-order valence-corrected chi connectivity index (χ3v) is 5.81. The average Bonchev–Trinajstić information content (AvgIpc) is 3.11. The first-order chi connectivity index (χ1) is 11.7. The predicted molar refractivity (Wildman–Crippen MR) is 100 cm³/mol. The fourth-order valence-corrected chi connectivity index (χ4v) is 4.81. The van der Waals surface area contributed by atoms with Crippen molar-refractivity contribution >= 4 is 42.7 Å². The van der Waals surface area contributed by atoms with Crippen molar-refractivity contribution in [3.8, 4) is 11.3 Å². The van der Waals surface area contributed by atoms with E-state index in [4.69, 9.17) is 4.42 Å². The third-order valence-electron chi connectivity index (χ3n) is 4.70. The molecule has 0 fully saturated rings. The van der Waals surface area contributed by atoms with Gasteiger partial charge in [0, 0.05) is 28.3 Å². The number of aryl methyl sites for hydroxylation is 2. The van der Waals surface area contributed by atoms with Gasteiger partial charge >= 0.3 is 0 Å². The number of hydrogen-bond acceptors (Lipinski definition) is 2. The van der Waals surface area contributed by atoms with Crippen molar-refractivity contribution in [2.24, 2.45) is 7.05 Å². The molecule has 0 unspecified atom stereocenters. The number of furan rings is 1. The quantitative estimate of drug-likeness (QED) is 0.366. The van der Waals surface area contributed by atoms with Gasteiger partial charge in [0.25, 0.3) is 0 Å². The van der Waals surface area contributed by atoms with Gasteiger partial charge in [0.1, 0.15) is 12.6 Å². The molecule has 24 heavy (non-hydrogen) atoms. The van der Waals surface area contributed by atoms with Crippen molar-refractivity contribution in [2.75, 3.05) is 0 Å². The molecule has 0 aliphatic rings. The van der Waals surface area contributed by atoms with Gasteiger partial charge in [0.15, 0.2) is 11.1 Å². The largest absolute Gasteiger partial charge is 0.445 e. The normalized spacial score (nSPS) is 11.8. The molecule has 3 aromatic heterocycles. The summed E-state index contributed by atoms with van der Waals surface area (Å²) in [6.07, 6.45) is 2.10. The lowest BCUT2D eigenvalue weighted by Gasteiger charge is -2.06. The van der Waals surface area contributed by atoms with E-state index in [1.807, 2.05) is 12.1 Å². The van der Waals surface area contributed by atoms with Gasteiger partial charge in [-0.3, -0.25) is 0 Å². The van der Waals surface area contributed by atoms with E-state index in [9.17, 15) is 0 Å². The maximum Gasteiger partial charge on any atom is 0.213 e. The summed E-state index contributed by atoms with van der Waals surface area (Å²) in [6.45, 7) is 2.18. The van der Waals surface area contributed by atoms with Gasteiger partial charge in [-0.15, -0.1) is 0 Å². The molecule has 0 aliphatic heterocycles. The van der Waals surface area contributed by atoms with E-state index in [0.717, 1.165) is 10.5 Å². The second-order valence-electron chi connectivity index (χ2n) is 6.19. The van der Waals surface area contributed by atoms with Crippen LogP contribution in [0.15, 0.2) is 65.2 Å². The number of pyridine rings is 1. The van der Waals surface area contributed by atoms with Crippen LogP contribution >= 0.6 is 11.3 Å². The minimum atomic E-state index is 0.966. The van der Waals surface area contributed by atoms with Crippen LogP contribution in [0.1, 0.15) is 5.56 Å². The zero-order valence-corrected chi connectivity index (χ0v) is 14.4. The Morgan fingerprint density at radius 2 is 1.75 bits per heavy atom. The van der Waals surface area contributed by atoms with Crippen LogP contribution in [-0.2, 0) is 7.05 Å². The zero-order chi connectivity index (χ0) is 16.3. The lowest BCUT2D eigenvalue weighted by atomic mass is 10.0. The minimum Gasteiger partial charge on any atom is -0.445 e. The van der Waals surface area contributed by atoms with Crippen LogP contribution in [0.3, 0.4) is 0 Å². The van der Waals surface area contributed by atoms with E-state index >= 15 is 0 Å². The van der Waals surface area contributed by atoms with Gasteiger partial charge in [-0.05, 0) is 24.6 Å². The maximum atomic E-state index is 6.11. The summed E-state index contributed by atoms with van der Waals surface area (Å²) in [5.41, 5.74) is 4.79. The zero-order valence-electron chi connectivity index (χ0n) is 13.5. The summed E-state index contributed by atoms with van der Waals surface area (Å²) < 4.78 is 9.59. The standard InChI is InChI=1S/C21H16NOS/c1-13-10-11-15-19-14-7-3-4-9-17(14)23-21(19)24-20(15)18(13)16-8-5-6-12-22(16)2/h3-12H,1-2H3/q+1. The van der Waals surface area contributed by atoms with Crippen LogP contribution < -0.4 is 4.57 Å². The number of fused-ring (bicyclic) bond motifs is 5. The summed E-state index contributed by atoms with van der Waals surface area (Å²) in [4.78, 5) is 1.01. The molecule has 5 rings (SSSR count). The van der Waals surface area contributed by atoms with Crippen molar-refractivity contribution in [1.82, 2.24) is 0 Å². The molecule has 0 radical (unpaired) electrons. The Morgan fingerprint density at radius 1 is 0.917 bits per heavy atom. The van der Waals surface area contributed by atoms with Crippen molar-refractivity contribution in [3.05, 3.63) is 66.4 Å². The number of hydrogen-bond donors (Lipinski definition) is 0. The Balaban J connectivity index is 1.96. The summed E-state index contributed by atoms with van der Waals surface area (Å²) in [5.74, 6) is 0. The minimum absolute atomic E-state index is 0.966. The van der Waals surface area contributed by atoms with Gasteiger partial charge in [0.05, 0.1) is 10.3 Å². The van der Waals surface area contributed by atoms with E-state index in [0.29, 0.717) is 0 Å². The summed E-state index contributed by atoms with van der Waals surface area (Å²) >= 11 is 1.75. The highest BCUT2D eigenvalue weighted by molar-refractivity contribution is 7.26. The molecule has 3 heterocycles. The molecule has 2 aromatic carbocycles. The average molecular weight is 330 g/mol. The highest BCUT2D eigenvalue weighted by Crippen LogP contribution is 2.44. The maximum absolute atomic E-state index is 6.11. The van der Waals surface area contributed by atoms with Gasteiger partial charge in [-0.2, -0.15) is 0 Å². The van der Waals surface area contributed by atoms with Crippen molar-refractivity contribution in [3.63, 3.8) is 0 Å². The molecule has 0 aliphatic carbocycles. The molecule has 0 atom stereocenters. The lowest BCUT2D eigenvalue weighted by Crippen LogP contribution is -2.30. The van der Waals surface area contributed by atoms with Crippen LogP contribution in [0.4, 0.5) is 0 Å². The molecular formula is C21H16NOS+. The Hall–Kier alpha value is -2.65. The monoisotopic (exact) mass is 330 g/mol. The SMILES string of the molecule is Cc1ccc2c(sc3oc4ccccc4c32)c1-c1cccc[n+]1C. The number of rotatable bonds is 1. The second kappa shape index (κ2) is 4.92. The van der Waals surface area contributed by atoms with E-state index in [-0.39, 0.29) is 0 Å². The number of para-hydroxylation sites is 1. The van der Waals surface area contributed by atoms with E-state index in [1.54, 1.807) is 11.3 Å². The van der Waals surface area contributed by atoms with Gasteiger partial charge in [-0.1, -0.05) is 41.7 Å². The van der Waals surface area contributed by atoms with E-state index < -0.39 is 0 Å². The molecule has 0 saturated heterocycles. The van der Waals surface area contributed by atoms with Crippen LogP contribution in [-0.4, -0.2) is 0 Å². The summed E-state index contributed by atoms with van der Waals surface area (Å²) in [6, 6.07) is 19.1. The fourth-order valence-electron chi connectivity index (χ4n) is 3.53. The van der Waals surface area contributed by atoms with Crippen molar-refractivity contribution < 1.29 is 8.98 Å². The third kappa shape index (κ3) is 1.79. The first-order valence-electron chi connectivity index (χ1n) is 8.02. The molecule has 3 heteroatoms. The molecule has 2 nitrogen and oxygen atoms in total. The molecule has 0 bridgehead atoms. The van der Waals surface area contributed by atoms with Crippen LogP contribution in [0.25, 0.3) is 42.6 Å². The second-order valence-corrected chi connectivity index (χ2v) is 7.18. The lowest BCUT2D eigenvalue weighted by molar-refractivity contribution is -0.660. The van der Waals surface area contributed by atoms with Gasteiger partial charge in [-0.25, -0.2) is 4.57 Å². The van der Waals surface area contributed by atoms with Gasteiger partial charge in [0.2, 0.25) is 5.69 Å². The molecule has 0 spiro atoms. The van der Waals surface area contributed by atoms with Crippen LogP contribution in [0, 0.1) is 6.92 Å². The Bertz CT molecular complexity index is 1230. The van der Waals surface area contributed by atoms with Crippen molar-refractivity contribution in [1.29, 1.82) is 0 Å². The van der Waals surface area contributed by atoms with Crippen molar-refractivity contribution in [2.45, 2.75) is 6.92 Å². The topological polar surface area (TPSA) is 17.0 Å². The highest BCUT2D eigenvalue weighted by atomic mass is 32.1. The van der Waals surface area contributed by atoms with Crippen LogP contribution in [0.5, 0.6) is 0 Å². The highest BCUT2D eigenvalue weighted by Gasteiger charge is 2.21. The number of thiophene rings is 1. The van der Waals surface area contributed by atoms with E-state index in [1.165, 1.54) is 37.7 Å². The molecular weight excluding hydrogens is 314 g/mol. The number of aromatic nitrogens is 1. The summed E-state index contributed by atoms with van der Waals surface area (Å²) in [5, 5.41) is 3.72. The smallest absolute Gasteiger partial charge is 0.213 e. The summed E-state index contributed by atoms with van der Waals surface area (Å²) in [7, 11) is 2.10. The van der Waals surface area contributed by atoms with Gasteiger partial charge < -0.3 is 4.42 Å². The first kappa shape index (κ1) is 13.8. The molecule has 0 saturated carbocycles. The molecule has 0 N–H and O–H groups in total. The predicted octanol–water partition coefficient (Wildman–Crippen LogP) is 5.60. The van der Waals surface area contributed by atoms with Crippen LogP contribution in [0.2, 0.25) is 0 Å². The Kier molecular flexibility index (Phi) is 2.82. The first-order valence-corrected chi connectivity index (χ1v) is 8.84. The molecule has 0 amide bonds. The Morgan fingerprint density at radius 3 is 2.62 bits per heavy atom. The fraction of sp³-hybridized carbons (Fsp3) is 0.0952. The number of benzene rings is 2.